The normalized spacial score (nSPS) is 22.5. The molecule has 6 heteroatoms. The Kier molecular flexibility index (Phi) is 7.35. The molecule has 33 heavy (non-hydrogen) atoms. The van der Waals surface area contributed by atoms with Crippen LogP contribution in [0, 0.1) is 5.82 Å². The highest BCUT2D eigenvalue weighted by atomic mass is 19.1. The lowest BCUT2D eigenvalue weighted by atomic mass is 9.80. The molecule has 2 atom stereocenters. The van der Waals surface area contributed by atoms with Gasteiger partial charge in [0, 0.05) is 38.1 Å². The van der Waals surface area contributed by atoms with Crippen LogP contribution in [0.2, 0.25) is 0 Å². The number of carbonyl (C=O) groups excluding carboxylic acids is 1. The second kappa shape index (κ2) is 10.2. The summed E-state index contributed by atoms with van der Waals surface area (Å²) in [6.45, 7) is 7.53. The third kappa shape index (κ3) is 5.56. The van der Waals surface area contributed by atoms with Crippen molar-refractivity contribution < 1.29 is 23.4 Å². The summed E-state index contributed by atoms with van der Waals surface area (Å²) >= 11 is 0. The fraction of sp³-hybridized carbons (Fsp3) is 0.519. The average Bonchev–Trinajstić information content (AvgIpc) is 2.81. The molecular formula is C27H34FNO4. The van der Waals surface area contributed by atoms with E-state index in [2.05, 4.69) is 12.1 Å². The van der Waals surface area contributed by atoms with Crippen molar-refractivity contribution in [3.8, 4) is 5.75 Å². The van der Waals surface area contributed by atoms with Crippen LogP contribution in [0.1, 0.15) is 68.5 Å². The van der Waals surface area contributed by atoms with E-state index in [1.54, 1.807) is 11.0 Å². The number of nitrogens with zero attached hydrogens (tertiary/aromatic N) is 1. The molecule has 2 heterocycles. The Hall–Kier alpha value is -2.44. The number of hydrogen-bond donors (Lipinski definition) is 0. The van der Waals surface area contributed by atoms with E-state index < -0.39 is 5.82 Å². The van der Waals surface area contributed by atoms with Crippen molar-refractivity contribution in [2.75, 3.05) is 19.7 Å². The van der Waals surface area contributed by atoms with Crippen LogP contribution in [0.3, 0.4) is 0 Å². The van der Waals surface area contributed by atoms with E-state index in [1.165, 1.54) is 17.7 Å². The van der Waals surface area contributed by atoms with Gasteiger partial charge in [0.1, 0.15) is 0 Å². The summed E-state index contributed by atoms with van der Waals surface area (Å²) in [5.41, 5.74) is 1.20. The predicted molar refractivity (Wildman–Crippen MR) is 125 cm³/mol. The van der Waals surface area contributed by atoms with E-state index in [0.717, 1.165) is 25.7 Å². The molecule has 2 aliphatic heterocycles. The van der Waals surface area contributed by atoms with Crippen molar-refractivity contribution in [2.45, 2.75) is 70.4 Å². The first-order chi connectivity index (χ1) is 15.9. The van der Waals surface area contributed by atoms with E-state index in [-0.39, 0.29) is 35.6 Å². The van der Waals surface area contributed by atoms with E-state index in [9.17, 15) is 9.18 Å². The Morgan fingerprint density at radius 2 is 1.91 bits per heavy atom. The first-order valence-electron chi connectivity index (χ1n) is 12.0. The number of carbonyl (C=O) groups is 1. The smallest absolute Gasteiger partial charge is 0.253 e. The van der Waals surface area contributed by atoms with Gasteiger partial charge in [-0.25, -0.2) is 4.39 Å². The molecule has 1 amide bonds. The summed E-state index contributed by atoms with van der Waals surface area (Å²) in [5, 5.41) is 0. The van der Waals surface area contributed by atoms with Crippen molar-refractivity contribution >= 4 is 5.91 Å². The van der Waals surface area contributed by atoms with Crippen LogP contribution < -0.4 is 4.74 Å². The van der Waals surface area contributed by atoms with Gasteiger partial charge in [-0.3, -0.25) is 4.79 Å². The summed E-state index contributed by atoms with van der Waals surface area (Å²) in [6, 6.07) is 14.7. The first-order valence-corrected chi connectivity index (χ1v) is 12.0. The molecular weight excluding hydrogens is 421 g/mol. The fourth-order valence-electron chi connectivity index (χ4n) is 4.97. The van der Waals surface area contributed by atoms with Crippen LogP contribution in [-0.2, 0) is 9.47 Å². The number of piperidine rings is 1. The van der Waals surface area contributed by atoms with Crippen molar-refractivity contribution in [3.63, 3.8) is 0 Å². The molecule has 2 aliphatic rings. The van der Waals surface area contributed by atoms with Gasteiger partial charge in [-0.2, -0.15) is 0 Å². The summed E-state index contributed by atoms with van der Waals surface area (Å²) in [6.07, 6.45) is 3.15. The van der Waals surface area contributed by atoms with Gasteiger partial charge in [0.05, 0.1) is 23.9 Å². The van der Waals surface area contributed by atoms with Crippen LogP contribution >= 0.6 is 0 Å². The van der Waals surface area contributed by atoms with E-state index in [0.29, 0.717) is 25.3 Å². The van der Waals surface area contributed by atoms with Gasteiger partial charge in [0.15, 0.2) is 11.6 Å². The maximum Gasteiger partial charge on any atom is 0.253 e. The van der Waals surface area contributed by atoms with Gasteiger partial charge in [-0.15, -0.1) is 0 Å². The molecule has 0 radical (unpaired) electrons. The minimum Gasteiger partial charge on any atom is -0.488 e. The second-order valence-corrected chi connectivity index (χ2v) is 9.32. The van der Waals surface area contributed by atoms with Gasteiger partial charge in [0.25, 0.3) is 5.91 Å². The molecule has 0 bridgehead atoms. The standard InChI is InChI=1S/C27H34FNO4/c1-4-31-22-17-25(20-8-6-5-7-9-20)33-27(18-22)12-14-29(15-13-27)26(30)21-10-11-24(23(28)16-21)32-19(2)3/h5-11,16,19,22,25H,4,12-15,17-18H2,1-3H3/t22-,25-/m0/s1. The number of hydrogen-bond acceptors (Lipinski definition) is 4. The topological polar surface area (TPSA) is 48.0 Å². The van der Waals surface area contributed by atoms with Gasteiger partial charge >= 0.3 is 0 Å². The van der Waals surface area contributed by atoms with Gasteiger partial charge < -0.3 is 19.1 Å². The maximum atomic E-state index is 14.4. The highest BCUT2D eigenvalue weighted by Crippen LogP contribution is 2.44. The Morgan fingerprint density at radius 3 is 2.55 bits per heavy atom. The quantitative estimate of drug-likeness (QED) is 0.573. The zero-order valence-electron chi connectivity index (χ0n) is 19.8. The fourth-order valence-corrected chi connectivity index (χ4v) is 4.97. The van der Waals surface area contributed by atoms with Crippen LogP contribution in [0.5, 0.6) is 5.75 Å². The molecule has 2 fully saturated rings. The highest BCUT2D eigenvalue weighted by Gasteiger charge is 2.45. The zero-order valence-corrected chi connectivity index (χ0v) is 19.8. The molecule has 0 aromatic heterocycles. The van der Waals surface area contributed by atoms with Gasteiger partial charge in [-0.05, 0) is 57.4 Å². The van der Waals surface area contributed by atoms with Crippen molar-refractivity contribution in [1.29, 1.82) is 0 Å². The third-order valence-corrected chi connectivity index (χ3v) is 6.55. The van der Waals surface area contributed by atoms with Gasteiger partial charge in [0.2, 0.25) is 0 Å². The number of likely N-dealkylation sites (tertiary alicyclic amines) is 1. The molecule has 178 valence electrons. The molecule has 0 saturated carbocycles. The summed E-state index contributed by atoms with van der Waals surface area (Å²) < 4.78 is 32.6. The summed E-state index contributed by atoms with van der Waals surface area (Å²) in [7, 11) is 0. The maximum absolute atomic E-state index is 14.4. The molecule has 4 rings (SSSR count). The first kappa shape index (κ1) is 23.7. The number of ether oxygens (including phenoxy) is 3. The molecule has 0 aliphatic carbocycles. The Morgan fingerprint density at radius 1 is 1.18 bits per heavy atom. The molecule has 0 N–H and O–H groups in total. The molecule has 2 aromatic rings. The highest BCUT2D eigenvalue weighted by molar-refractivity contribution is 5.94. The van der Waals surface area contributed by atoms with Gasteiger partial charge in [-0.1, -0.05) is 30.3 Å². The lowest BCUT2D eigenvalue weighted by Crippen LogP contribution is -2.52. The Bertz CT molecular complexity index is 940. The third-order valence-electron chi connectivity index (χ3n) is 6.55. The number of halogens is 1. The van der Waals surface area contributed by atoms with Crippen molar-refractivity contribution in [1.82, 2.24) is 4.90 Å². The SMILES string of the molecule is CCO[C@H]1C[C@@H](c2ccccc2)OC2(CCN(C(=O)c3ccc(OC(C)C)c(F)c3)CC2)C1. The lowest BCUT2D eigenvalue weighted by Gasteiger charge is -2.48. The molecule has 0 unspecified atom stereocenters. The van der Waals surface area contributed by atoms with E-state index in [4.69, 9.17) is 14.2 Å². The van der Waals surface area contributed by atoms with E-state index >= 15 is 0 Å². The molecule has 1 spiro atoms. The van der Waals surface area contributed by atoms with Crippen LogP contribution in [0.4, 0.5) is 4.39 Å². The average molecular weight is 456 g/mol. The monoisotopic (exact) mass is 455 g/mol. The molecule has 2 aromatic carbocycles. The minimum atomic E-state index is -0.510. The van der Waals surface area contributed by atoms with E-state index in [1.807, 2.05) is 39.0 Å². The predicted octanol–water partition coefficient (Wildman–Crippen LogP) is 5.54. The summed E-state index contributed by atoms with van der Waals surface area (Å²) in [4.78, 5) is 14.9. The summed E-state index contributed by atoms with van der Waals surface area (Å²) in [5.74, 6) is -0.496. The molecule has 5 nitrogen and oxygen atoms in total. The number of benzene rings is 2. The van der Waals surface area contributed by atoms with Crippen molar-refractivity contribution in [3.05, 3.63) is 65.5 Å². The Balaban J connectivity index is 1.44. The van der Waals surface area contributed by atoms with Crippen LogP contribution in [-0.4, -0.2) is 48.3 Å². The number of rotatable bonds is 6. The molecule has 2 saturated heterocycles. The van der Waals surface area contributed by atoms with Crippen molar-refractivity contribution in [2.24, 2.45) is 0 Å². The zero-order chi connectivity index (χ0) is 23.4. The van der Waals surface area contributed by atoms with Crippen LogP contribution in [0.15, 0.2) is 48.5 Å². The lowest BCUT2D eigenvalue weighted by molar-refractivity contribution is -0.190. The van der Waals surface area contributed by atoms with Crippen LogP contribution in [0.25, 0.3) is 0 Å². The Labute approximate surface area is 195 Å². The minimum absolute atomic E-state index is 0.0126. The largest absolute Gasteiger partial charge is 0.488 e. The second-order valence-electron chi connectivity index (χ2n) is 9.32. The number of amides is 1.